The van der Waals surface area contributed by atoms with Crippen molar-refractivity contribution in [3.8, 4) is 0 Å². The van der Waals surface area contributed by atoms with Gasteiger partial charge in [0.05, 0.1) is 6.61 Å². The standard InChI is InChI=1S/C8H19NO.ClH/c1-8(2,3)5-4-7(9)6-10;/h7,10H,4-6,9H2,1-3H3;1H/t7-;/m1./s1. The lowest BCUT2D eigenvalue weighted by molar-refractivity contribution is 0.242. The van der Waals surface area contributed by atoms with Gasteiger partial charge in [-0.3, -0.25) is 0 Å². The van der Waals surface area contributed by atoms with Crippen molar-refractivity contribution in [3.63, 3.8) is 0 Å². The van der Waals surface area contributed by atoms with Gasteiger partial charge in [0, 0.05) is 6.04 Å². The Hall–Kier alpha value is 0.210. The largest absolute Gasteiger partial charge is 0.395 e. The second-order valence-electron chi connectivity index (χ2n) is 4.04. The third-order valence-corrected chi connectivity index (χ3v) is 1.50. The predicted molar refractivity (Wildman–Crippen MR) is 51.0 cm³/mol. The smallest absolute Gasteiger partial charge is 0.0582 e. The van der Waals surface area contributed by atoms with Crippen molar-refractivity contribution in [1.29, 1.82) is 0 Å². The Balaban J connectivity index is 0. The van der Waals surface area contributed by atoms with E-state index in [2.05, 4.69) is 20.8 Å². The number of aliphatic hydroxyl groups is 1. The maximum atomic E-state index is 8.61. The molecule has 70 valence electrons. The van der Waals surface area contributed by atoms with Crippen LogP contribution in [0.5, 0.6) is 0 Å². The van der Waals surface area contributed by atoms with Gasteiger partial charge >= 0.3 is 0 Å². The van der Waals surface area contributed by atoms with Crippen molar-refractivity contribution in [3.05, 3.63) is 0 Å². The number of nitrogens with two attached hydrogens (primary N) is 1. The van der Waals surface area contributed by atoms with Gasteiger partial charge < -0.3 is 10.8 Å². The number of aliphatic hydroxyl groups excluding tert-OH is 1. The average Bonchev–Trinajstić information content (AvgIpc) is 1.81. The Morgan fingerprint density at radius 1 is 1.36 bits per heavy atom. The SMILES string of the molecule is CC(C)(C)CC[C@@H](N)CO.Cl. The minimum atomic E-state index is -0.0285. The molecule has 0 rings (SSSR count). The van der Waals surface area contributed by atoms with E-state index in [0.29, 0.717) is 5.41 Å². The molecule has 0 heterocycles. The predicted octanol–water partition coefficient (Wildman–Crippen LogP) is 1.55. The Morgan fingerprint density at radius 2 is 1.82 bits per heavy atom. The molecule has 0 saturated heterocycles. The van der Waals surface area contributed by atoms with E-state index < -0.39 is 0 Å². The van der Waals surface area contributed by atoms with Gasteiger partial charge in [-0.2, -0.15) is 0 Å². The molecule has 3 heteroatoms. The second kappa shape index (κ2) is 5.81. The molecule has 0 amide bonds. The van der Waals surface area contributed by atoms with E-state index in [-0.39, 0.29) is 25.1 Å². The van der Waals surface area contributed by atoms with Crippen molar-refractivity contribution in [2.24, 2.45) is 11.1 Å². The fourth-order valence-corrected chi connectivity index (χ4v) is 0.710. The molecule has 11 heavy (non-hydrogen) atoms. The van der Waals surface area contributed by atoms with Gasteiger partial charge in [0.15, 0.2) is 0 Å². The van der Waals surface area contributed by atoms with Crippen molar-refractivity contribution in [1.82, 2.24) is 0 Å². The van der Waals surface area contributed by atoms with Gasteiger partial charge in [0.25, 0.3) is 0 Å². The van der Waals surface area contributed by atoms with Crippen molar-refractivity contribution >= 4 is 12.4 Å². The van der Waals surface area contributed by atoms with Gasteiger partial charge in [0.2, 0.25) is 0 Å². The first kappa shape index (κ1) is 13.8. The van der Waals surface area contributed by atoms with Crippen molar-refractivity contribution < 1.29 is 5.11 Å². The maximum Gasteiger partial charge on any atom is 0.0582 e. The highest BCUT2D eigenvalue weighted by Crippen LogP contribution is 2.20. The summed E-state index contributed by atoms with van der Waals surface area (Å²) in [7, 11) is 0. The lowest BCUT2D eigenvalue weighted by Gasteiger charge is -2.19. The molecule has 0 spiro atoms. The Bertz CT molecular complexity index is 90.6. The highest BCUT2D eigenvalue weighted by Gasteiger charge is 2.11. The first-order chi connectivity index (χ1) is 4.45. The average molecular weight is 182 g/mol. The van der Waals surface area contributed by atoms with E-state index in [4.69, 9.17) is 10.8 Å². The minimum absolute atomic E-state index is 0. The minimum Gasteiger partial charge on any atom is -0.395 e. The summed E-state index contributed by atoms with van der Waals surface area (Å²) < 4.78 is 0. The van der Waals surface area contributed by atoms with Crippen LogP contribution in [-0.4, -0.2) is 17.8 Å². The highest BCUT2D eigenvalue weighted by molar-refractivity contribution is 5.85. The van der Waals surface area contributed by atoms with E-state index >= 15 is 0 Å². The number of halogens is 1. The normalized spacial score (nSPS) is 13.9. The van der Waals surface area contributed by atoms with Crippen molar-refractivity contribution in [2.75, 3.05) is 6.61 Å². The third kappa shape index (κ3) is 10.2. The summed E-state index contributed by atoms with van der Waals surface area (Å²) in [5, 5.41) is 8.61. The molecule has 1 atom stereocenters. The molecule has 0 fully saturated rings. The van der Waals surface area contributed by atoms with Crippen LogP contribution < -0.4 is 5.73 Å². The van der Waals surface area contributed by atoms with E-state index in [1.165, 1.54) is 0 Å². The van der Waals surface area contributed by atoms with Crippen LogP contribution >= 0.6 is 12.4 Å². The topological polar surface area (TPSA) is 46.2 Å². The number of hydrogen-bond acceptors (Lipinski definition) is 2. The van der Waals surface area contributed by atoms with E-state index in [1.54, 1.807) is 0 Å². The van der Waals surface area contributed by atoms with Gasteiger partial charge in [-0.05, 0) is 18.3 Å². The molecule has 0 aromatic rings. The summed E-state index contributed by atoms with van der Waals surface area (Å²) in [4.78, 5) is 0. The van der Waals surface area contributed by atoms with Gasteiger partial charge in [0.1, 0.15) is 0 Å². The summed E-state index contributed by atoms with van der Waals surface area (Å²) in [6.07, 6.45) is 1.99. The van der Waals surface area contributed by atoms with Crippen LogP contribution in [-0.2, 0) is 0 Å². The fraction of sp³-hybridized carbons (Fsp3) is 1.00. The molecule has 0 aliphatic carbocycles. The molecule has 3 N–H and O–H groups in total. The van der Waals surface area contributed by atoms with Crippen LogP contribution in [0.15, 0.2) is 0 Å². The summed E-state index contributed by atoms with van der Waals surface area (Å²) >= 11 is 0. The maximum absolute atomic E-state index is 8.61. The monoisotopic (exact) mass is 181 g/mol. The summed E-state index contributed by atoms with van der Waals surface area (Å²) in [6, 6.07) is -0.0285. The molecule has 0 aliphatic rings. The quantitative estimate of drug-likeness (QED) is 0.694. The first-order valence-electron chi connectivity index (χ1n) is 3.82. The highest BCUT2D eigenvalue weighted by atomic mass is 35.5. The van der Waals surface area contributed by atoms with Crippen LogP contribution in [0.4, 0.5) is 0 Å². The molecule has 0 aliphatic heterocycles. The molecule has 0 bridgehead atoms. The molecule has 0 saturated carbocycles. The molecule has 0 aromatic heterocycles. The molecule has 0 radical (unpaired) electrons. The zero-order chi connectivity index (χ0) is 8.20. The lowest BCUT2D eigenvalue weighted by atomic mass is 9.89. The van der Waals surface area contributed by atoms with Gasteiger partial charge in [-0.15, -0.1) is 12.4 Å². The number of hydrogen-bond donors (Lipinski definition) is 2. The Kier molecular flexibility index (Phi) is 7.28. The molecular weight excluding hydrogens is 162 g/mol. The van der Waals surface area contributed by atoms with Crippen LogP contribution in [0.3, 0.4) is 0 Å². The van der Waals surface area contributed by atoms with Crippen molar-refractivity contribution in [2.45, 2.75) is 39.7 Å². The summed E-state index contributed by atoms with van der Waals surface area (Å²) in [6.45, 7) is 6.64. The summed E-state index contributed by atoms with van der Waals surface area (Å²) in [5.41, 5.74) is 5.87. The van der Waals surface area contributed by atoms with Crippen LogP contribution in [0.1, 0.15) is 33.6 Å². The first-order valence-corrected chi connectivity index (χ1v) is 3.82. The molecule has 0 aromatic carbocycles. The summed E-state index contributed by atoms with van der Waals surface area (Å²) in [5.74, 6) is 0. The zero-order valence-electron chi connectivity index (χ0n) is 7.63. The van der Waals surface area contributed by atoms with Crippen LogP contribution in [0.2, 0.25) is 0 Å². The Morgan fingerprint density at radius 3 is 2.09 bits per heavy atom. The van der Waals surface area contributed by atoms with E-state index in [9.17, 15) is 0 Å². The zero-order valence-corrected chi connectivity index (χ0v) is 8.45. The van der Waals surface area contributed by atoms with Crippen LogP contribution in [0, 0.1) is 5.41 Å². The fourth-order valence-electron chi connectivity index (χ4n) is 0.710. The third-order valence-electron chi connectivity index (χ3n) is 1.50. The Labute approximate surface area is 75.6 Å². The van der Waals surface area contributed by atoms with Crippen LogP contribution in [0.25, 0.3) is 0 Å². The number of rotatable bonds is 3. The van der Waals surface area contributed by atoms with Gasteiger partial charge in [-0.25, -0.2) is 0 Å². The van der Waals surface area contributed by atoms with Gasteiger partial charge in [-0.1, -0.05) is 20.8 Å². The van der Waals surface area contributed by atoms with E-state index in [1.807, 2.05) is 0 Å². The molecule has 0 unspecified atom stereocenters. The van der Waals surface area contributed by atoms with E-state index in [0.717, 1.165) is 12.8 Å². The molecule has 2 nitrogen and oxygen atoms in total. The molecular formula is C8H20ClNO. The second-order valence-corrected chi connectivity index (χ2v) is 4.04. The lowest BCUT2D eigenvalue weighted by Crippen LogP contribution is -2.25.